The second kappa shape index (κ2) is 15.3. The Morgan fingerprint density at radius 1 is 0.304 bits per heavy atom. The predicted molar refractivity (Wildman–Crippen MR) is 321 cm³/mol. The van der Waals surface area contributed by atoms with Crippen LogP contribution in [0.25, 0.3) is 66.8 Å². The first-order valence-electron chi connectivity index (χ1n) is 27.9. The number of hydrogen-bond acceptors (Lipinski definition) is 1. The van der Waals surface area contributed by atoms with Gasteiger partial charge in [-0.2, -0.15) is 0 Å². The van der Waals surface area contributed by atoms with Gasteiger partial charge in [0.1, 0.15) is 0 Å². The van der Waals surface area contributed by atoms with Crippen LogP contribution in [0.1, 0.15) is 107 Å². The summed E-state index contributed by atoms with van der Waals surface area (Å²) in [5, 5.41) is 0. The van der Waals surface area contributed by atoms with E-state index in [1.54, 1.807) is 0 Å². The summed E-state index contributed by atoms with van der Waals surface area (Å²) in [5.74, 6) is 0.0181. The molecule has 79 heavy (non-hydrogen) atoms. The third-order valence-corrected chi connectivity index (χ3v) is 19.6. The summed E-state index contributed by atoms with van der Waals surface area (Å²) in [4.78, 5) is 15.7. The van der Waals surface area contributed by atoms with Gasteiger partial charge in [0.05, 0.1) is 16.2 Å². The van der Waals surface area contributed by atoms with Crippen molar-refractivity contribution >= 4 is 16.9 Å². The summed E-state index contributed by atoms with van der Waals surface area (Å²) in [6.07, 6.45) is 6.79. The van der Waals surface area contributed by atoms with Gasteiger partial charge in [0, 0.05) is 11.1 Å². The Hall–Kier alpha value is -9.69. The summed E-state index contributed by atoms with van der Waals surface area (Å²) in [6, 6.07) is 89.9. The van der Waals surface area contributed by atoms with E-state index < -0.39 is 10.8 Å². The molecule has 0 amide bonds. The fraction of sp³-hybridized carbons (Fsp3) is 0.0641. The van der Waals surface area contributed by atoms with E-state index in [0.717, 1.165) is 46.2 Å². The van der Waals surface area contributed by atoms with Crippen molar-refractivity contribution in [2.45, 2.75) is 29.1 Å². The van der Waals surface area contributed by atoms with Gasteiger partial charge in [-0.25, -0.2) is 0 Å². The maximum Gasteiger partial charge on any atom is 0.193 e. The molecule has 366 valence electrons. The number of benzene rings is 11. The highest BCUT2D eigenvalue weighted by molar-refractivity contribution is 6.11. The molecule has 0 aromatic heterocycles. The molecule has 0 saturated carbocycles. The van der Waals surface area contributed by atoms with Crippen LogP contribution in [0.4, 0.5) is 0 Å². The van der Waals surface area contributed by atoms with Gasteiger partial charge in [-0.15, -0.1) is 0 Å². The third-order valence-electron chi connectivity index (χ3n) is 19.6. The number of fused-ring (bicyclic) bond motifs is 29. The molecule has 11 aromatic carbocycles. The van der Waals surface area contributed by atoms with Crippen molar-refractivity contribution in [3.05, 3.63) is 356 Å². The van der Waals surface area contributed by atoms with Crippen molar-refractivity contribution in [3.8, 4) is 55.6 Å². The van der Waals surface area contributed by atoms with Crippen molar-refractivity contribution in [1.29, 1.82) is 0 Å². The van der Waals surface area contributed by atoms with Crippen molar-refractivity contribution < 1.29 is 4.79 Å². The Labute approximate surface area is 459 Å². The van der Waals surface area contributed by atoms with Gasteiger partial charge in [-0.3, -0.25) is 4.79 Å². The van der Waals surface area contributed by atoms with Crippen LogP contribution in [-0.4, -0.2) is 5.78 Å². The lowest BCUT2D eigenvalue weighted by Gasteiger charge is -2.33. The van der Waals surface area contributed by atoms with Gasteiger partial charge in [0.2, 0.25) is 0 Å². The Bertz CT molecular complexity index is 4650. The van der Waals surface area contributed by atoms with Gasteiger partial charge in [-0.1, -0.05) is 237 Å². The summed E-state index contributed by atoms with van der Waals surface area (Å²) in [5.41, 5.74) is 33.4. The molecule has 11 aromatic rings. The Morgan fingerprint density at radius 2 is 0.582 bits per heavy atom. The number of ketones is 1. The molecular formula is C78H48O. The van der Waals surface area contributed by atoms with E-state index >= 15 is 4.79 Å². The van der Waals surface area contributed by atoms with E-state index in [4.69, 9.17) is 6.58 Å². The summed E-state index contributed by atoms with van der Waals surface area (Å²) < 4.78 is 0. The lowest BCUT2D eigenvalue weighted by atomic mass is 9.68. The lowest BCUT2D eigenvalue weighted by molar-refractivity contribution is 0.103. The van der Waals surface area contributed by atoms with E-state index in [1.165, 1.54) is 117 Å². The van der Waals surface area contributed by atoms with Crippen LogP contribution in [0.15, 0.2) is 267 Å². The maximum atomic E-state index is 15.7. The minimum Gasteiger partial charge on any atom is -0.289 e. The predicted octanol–water partition coefficient (Wildman–Crippen LogP) is 18.1. The number of carbonyl (C=O) groups excluding carboxylic acids is 1. The average Bonchev–Trinajstić information content (AvgIpc) is 2.89. The molecule has 7 aliphatic rings. The Balaban J connectivity index is 0.793. The summed E-state index contributed by atoms with van der Waals surface area (Å²) in [7, 11) is 0. The number of allylic oxidation sites excluding steroid dienone is 4. The molecule has 0 heterocycles. The molecule has 1 heteroatoms. The smallest absolute Gasteiger partial charge is 0.193 e. The zero-order valence-corrected chi connectivity index (χ0v) is 43.3. The van der Waals surface area contributed by atoms with Crippen LogP contribution in [0.5, 0.6) is 0 Å². The first-order valence-corrected chi connectivity index (χ1v) is 27.9. The highest BCUT2D eigenvalue weighted by atomic mass is 16.1. The minimum atomic E-state index is -0.681. The van der Waals surface area contributed by atoms with Gasteiger partial charge >= 0.3 is 0 Å². The zero-order valence-electron chi connectivity index (χ0n) is 43.3. The highest BCUT2D eigenvalue weighted by Gasteiger charge is 2.55. The van der Waals surface area contributed by atoms with Crippen molar-refractivity contribution in [3.63, 3.8) is 0 Å². The molecule has 0 bridgehead atoms. The van der Waals surface area contributed by atoms with Crippen molar-refractivity contribution in [2.75, 3.05) is 0 Å². The number of rotatable bonds is 4. The molecule has 1 nitrogen and oxygen atoms in total. The molecule has 18 rings (SSSR count). The topological polar surface area (TPSA) is 17.1 Å². The zero-order chi connectivity index (χ0) is 51.9. The summed E-state index contributed by atoms with van der Waals surface area (Å²) >= 11 is 0. The summed E-state index contributed by atoms with van der Waals surface area (Å²) in [6.45, 7) is 4.98. The van der Waals surface area contributed by atoms with Crippen LogP contribution >= 0.6 is 0 Å². The van der Waals surface area contributed by atoms with Crippen LogP contribution in [0, 0.1) is 0 Å². The molecule has 2 atom stereocenters. The van der Waals surface area contributed by atoms with Crippen LogP contribution < -0.4 is 0 Å². The standard InChI is InChI=1S/C78H48O/c1-46(47-34-38-59-55-22-6-14-30-67(55)76(71(59)42-47)63-26-10-2-18-51(63)52-19-3-11-27-64(52)76)48-35-39-60-57-24-8-16-32-69(57)78(72(60)43-48)70-33-17-9-25-58(70)62-41-37-50(45-74(62)78)75(79)49-36-40-61-56-23-7-15-31-68(56)77(73(61)44-49)65-28-12-4-20-53(65)54-21-5-13-29-66(54)77/h2-10,12-26,28-45H,1,11,27H2. The normalized spacial score (nSPS) is 18.5. The maximum absolute atomic E-state index is 15.7. The number of hydrogen-bond donors (Lipinski definition) is 0. The monoisotopic (exact) mass is 1000 g/mol. The largest absolute Gasteiger partial charge is 0.289 e. The first kappa shape index (κ1) is 43.4. The Kier molecular flexibility index (Phi) is 8.40. The third kappa shape index (κ3) is 5.12. The molecule has 7 aliphatic carbocycles. The minimum absolute atomic E-state index is 0.0181. The SMILES string of the molecule is C=C(c1ccc2c(c1)C1(C3=C(C=CCC3)c3ccccc31)c1ccccc1-2)c1ccc2c(c1)C1(c3ccccc3-2)c2ccccc2-c2ccc(C(=O)c3ccc4c(c3)C3(c5ccccc5-c5ccccc53)c3ccccc3-4)cc21. The fourth-order valence-electron chi connectivity index (χ4n) is 16.6. The molecule has 0 aliphatic heterocycles. The second-order valence-corrected chi connectivity index (χ2v) is 22.8. The van der Waals surface area contributed by atoms with E-state index in [9.17, 15) is 0 Å². The average molecular weight is 1000 g/mol. The van der Waals surface area contributed by atoms with E-state index in [0.29, 0.717) is 11.1 Å². The molecule has 0 fully saturated rings. The molecule has 0 saturated heterocycles. The highest BCUT2D eigenvalue weighted by Crippen LogP contribution is 2.67. The van der Waals surface area contributed by atoms with E-state index in [-0.39, 0.29) is 11.2 Å². The quantitative estimate of drug-likeness (QED) is 0.161. The van der Waals surface area contributed by atoms with E-state index in [1.807, 2.05) is 0 Å². The van der Waals surface area contributed by atoms with Gasteiger partial charge < -0.3 is 0 Å². The lowest BCUT2D eigenvalue weighted by Crippen LogP contribution is -2.28. The van der Waals surface area contributed by atoms with E-state index in [2.05, 4.69) is 255 Å². The second-order valence-electron chi connectivity index (χ2n) is 22.8. The van der Waals surface area contributed by atoms with Gasteiger partial charge in [0.25, 0.3) is 0 Å². The van der Waals surface area contributed by atoms with Crippen LogP contribution in [0.2, 0.25) is 0 Å². The van der Waals surface area contributed by atoms with Gasteiger partial charge in [0.15, 0.2) is 5.78 Å². The first-order chi connectivity index (χ1) is 39.0. The molecule has 2 unspecified atom stereocenters. The molecule has 0 radical (unpaired) electrons. The molecule has 0 N–H and O–H groups in total. The van der Waals surface area contributed by atoms with Crippen LogP contribution in [0.3, 0.4) is 0 Å². The number of carbonyl (C=O) groups is 1. The van der Waals surface area contributed by atoms with Crippen LogP contribution in [-0.2, 0) is 16.2 Å². The Morgan fingerprint density at radius 3 is 0.975 bits per heavy atom. The molecular weight excluding hydrogens is 953 g/mol. The van der Waals surface area contributed by atoms with Crippen molar-refractivity contribution in [2.24, 2.45) is 0 Å². The van der Waals surface area contributed by atoms with Crippen molar-refractivity contribution in [1.82, 2.24) is 0 Å². The van der Waals surface area contributed by atoms with Gasteiger partial charge in [-0.05, 0) is 187 Å². The fourth-order valence-corrected chi connectivity index (χ4v) is 16.6. The molecule has 3 spiro atoms.